The van der Waals surface area contributed by atoms with E-state index in [0.717, 1.165) is 14.7 Å². The molecule has 31 heavy (non-hydrogen) atoms. The Labute approximate surface area is 182 Å². The average Bonchev–Trinajstić information content (AvgIpc) is 3.12. The smallest absolute Gasteiger partial charge is 0.264 e. The summed E-state index contributed by atoms with van der Waals surface area (Å²) in [6.45, 7) is 6.04. The number of carbonyl (C=O) groups excluding carboxylic acids is 1. The van der Waals surface area contributed by atoms with Gasteiger partial charge in [0.15, 0.2) is 6.61 Å². The first kappa shape index (κ1) is 22.7. The molecule has 0 aliphatic rings. The van der Waals surface area contributed by atoms with Gasteiger partial charge in [-0.2, -0.15) is 0 Å². The van der Waals surface area contributed by atoms with Crippen molar-refractivity contribution in [3.8, 4) is 0 Å². The van der Waals surface area contributed by atoms with Crippen molar-refractivity contribution < 1.29 is 18.0 Å². The van der Waals surface area contributed by atoms with E-state index in [-0.39, 0.29) is 17.4 Å². The lowest BCUT2D eigenvalue weighted by molar-refractivity contribution is -0.142. The molecule has 0 fully saturated rings. The van der Waals surface area contributed by atoms with Crippen molar-refractivity contribution in [1.29, 1.82) is 0 Å². The van der Waals surface area contributed by atoms with E-state index >= 15 is 0 Å². The summed E-state index contributed by atoms with van der Waals surface area (Å²) in [5.74, 6) is -0.225. The number of amides is 1. The summed E-state index contributed by atoms with van der Waals surface area (Å²) >= 11 is 0. The fourth-order valence-corrected chi connectivity index (χ4v) is 3.93. The summed E-state index contributed by atoms with van der Waals surface area (Å²) in [4.78, 5) is 21.5. The van der Waals surface area contributed by atoms with Gasteiger partial charge in [0.25, 0.3) is 5.91 Å². The molecule has 2 aromatic carbocycles. The molecule has 0 aliphatic carbocycles. The van der Waals surface area contributed by atoms with Crippen molar-refractivity contribution in [2.24, 2.45) is 0 Å². The van der Waals surface area contributed by atoms with Crippen molar-refractivity contribution >= 4 is 27.0 Å². The molecule has 9 nitrogen and oxygen atoms in total. The van der Waals surface area contributed by atoms with E-state index < -0.39 is 15.6 Å². The van der Waals surface area contributed by atoms with E-state index in [9.17, 15) is 13.2 Å². The van der Waals surface area contributed by atoms with Crippen LogP contribution in [0.25, 0.3) is 11.0 Å². The molecule has 3 aromatic rings. The van der Waals surface area contributed by atoms with Crippen molar-refractivity contribution in [3.63, 3.8) is 0 Å². The fourth-order valence-electron chi connectivity index (χ4n) is 3.00. The topological polar surface area (TPSA) is 97.6 Å². The molecule has 1 heterocycles. The number of nitrogens with zero attached hydrogens (tertiary/aromatic N) is 5. The van der Waals surface area contributed by atoms with Crippen LogP contribution in [0.3, 0.4) is 0 Å². The first-order chi connectivity index (χ1) is 14.5. The van der Waals surface area contributed by atoms with Crippen LogP contribution < -0.4 is 4.84 Å². The predicted molar refractivity (Wildman–Crippen MR) is 117 cm³/mol. The van der Waals surface area contributed by atoms with Crippen LogP contribution in [0, 0.1) is 0 Å². The van der Waals surface area contributed by atoms with Crippen LogP contribution in [-0.4, -0.2) is 64.9 Å². The quantitative estimate of drug-likeness (QED) is 0.551. The lowest BCUT2D eigenvalue weighted by Gasteiger charge is -2.35. The zero-order valence-corrected chi connectivity index (χ0v) is 19.1. The van der Waals surface area contributed by atoms with Gasteiger partial charge < -0.3 is 9.74 Å². The van der Waals surface area contributed by atoms with Crippen LogP contribution in [0.4, 0.5) is 0 Å². The maximum absolute atomic E-state index is 13.0. The molecule has 0 saturated carbocycles. The first-order valence-electron chi connectivity index (χ1n) is 9.76. The Morgan fingerprint density at radius 1 is 1.10 bits per heavy atom. The maximum atomic E-state index is 13.0. The zero-order chi connectivity index (χ0) is 22.8. The summed E-state index contributed by atoms with van der Waals surface area (Å²) in [6, 6.07) is 14.2. The van der Waals surface area contributed by atoms with Crippen molar-refractivity contribution in [2.45, 2.75) is 37.8 Å². The summed E-state index contributed by atoms with van der Waals surface area (Å²) in [5.41, 5.74) is 1.41. The minimum Gasteiger partial charge on any atom is -0.385 e. The Morgan fingerprint density at radius 3 is 2.39 bits per heavy atom. The number of benzene rings is 2. The van der Waals surface area contributed by atoms with E-state index in [1.807, 2.05) is 51.1 Å². The standard InChI is InChI=1S/C21H27N5O4S/c1-21(2,3)25(14-16-9-7-6-8-10-16)20(27)15-30-26-19-13-17(31(28,29)24(4)5)11-12-18(19)22-23-26/h6-13H,14-15H2,1-5H3. The van der Waals surface area contributed by atoms with Crippen LogP contribution >= 0.6 is 0 Å². The normalized spacial score (nSPS) is 12.3. The maximum Gasteiger partial charge on any atom is 0.264 e. The van der Waals surface area contributed by atoms with Gasteiger partial charge in [0.05, 0.1) is 4.90 Å². The van der Waals surface area contributed by atoms with Crippen LogP contribution in [0.2, 0.25) is 0 Å². The molecule has 0 unspecified atom stereocenters. The third kappa shape index (κ3) is 5.02. The Kier molecular flexibility index (Phi) is 6.33. The molecule has 0 bridgehead atoms. The third-order valence-electron chi connectivity index (χ3n) is 4.77. The second-order valence-corrected chi connectivity index (χ2v) is 10.5. The van der Waals surface area contributed by atoms with Gasteiger partial charge in [-0.3, -0.25) is 4.79 Å². The van der Waals surface area contributed by atoms with E-state index in [1.165, 1.54) is 26.2 Å². The highest BCUT2D eigenvalue weighted by Gasteiger charge is 2.27. The highest BCUT2D eigenvalue weighted by Crippen LogP contribution is 2.20. The van der Waals surface area contributed by atoms with E-state index in [2.05, 4.69) is 10.3 Å². The predicted octanol–water partition coefficient (Wildman–Crippen LogP) is 1.94. The minimum absolute atomic E-state index is 0.0869. The largest absolute Gasteiger partial charge is 0.385 e. The second kappa shape index (κ2) is 8.64. The molecular weight excluding hydrogens is 418 g/mol. The number of sulfonamides is 1. The van der Waals surface area contributed by atoms with Gasteiger partial charge in [-0.15, -0.1) is 5.10 Å². The monoisotopic (exact) mass is 445 g/mol. The van der Waals surface area contributed by atoms with Gasteiger partial charge >= 0.3 is 0 Å². The van der Waals surface area contributed by atoms with Crippen LogP contribution in [0.5, 0.6) is 0 Å². The summed E-state index contributed by atoms with van der Waals surface area (Å²) in [7, 11) is -0.715. The van der Waals surface area contributed by atoms with Gasteiger partial charge in [-0.25, -0.2) is 12.7 Å². The number of fused-ring (bicyclic) bond motifs is 1. The lowest BCUT2D eigenvalue weighted by atomic mass is 10.0. The van der Waals surface area contributed by atoms with Gasteiger partial charge in [0.2, 0.25) is 10.0 Å². The van der Waals surface area contributed by atoms with Crippen molar-refractivity contribution in [3.05, 3.63) is 54.1 Å². The van der Waals surface area contributed by atoms with Crippen molar-refractivity contribution in [2.75, 3.05) is 20.7 Å². The van der Waals surface area contributed by atoms with Gasteiger partial charge in [0, 0.05) is 26.2 Å². The molecule has 0 radical (unpaired) electrons. The van der Waals surface area contributed by atoms with E-state index in [1.54, 1.807) is 11.0 Å². The summed E-state index contributed by atoms with van der Waals surface area (Å²) in [5, 5.41) is 7.89. The highest BCUT2D eigenvalue weighted by atomic mass is 32.2. The molecule has 0 N–H and O–H groups in total. The molecule has 0 spiro atoms. The Hall–Kier alpha value is -2.98. The molecule has 3 rings (SSSR count). The molecular formula is C21H27N5O4S. The molecule has 10 heteroatoms. The SMILES string of the molecule is CN(C)S(=O)(=O)c1ccc2nnn(OCC(=O)N(Cc3ccccc3)C(C)(C)C)c2c1. The van der Waals surface area contributed by atoms with Crippen LogP contribution in [0.15, 0.2) is 53.4 Å². The minimum atomic E-state index is -3.63. The summed E-state index contributed by atoms with van der Waals surface area (Å²) in [6.07, 6.45) is 0. The highest BCUT2D eigenvalue weighted by molar-refractivity contribution is 7.89. The van der Waals surface area contributed by atoms with E-state index in [0.29, 0.717) is 17.6 Å². The van der Waals surface area contributed by atoms with Crippen LogP contribution in [-0.2, 0) is 21.4 Å². The lowest BCUT2D eigenvalue weighted by Crippen LogP contribution is -2.47. The molecule has 0 aliphatic heterocycles. The number of carbonyl (C=O) groups is 1. The Bertz CT molecular complexity index is 1170. The molecule has 0 saturated heterocycles. The number of hydrogen-bond acceptors (Lipinski definition) is 6. The van der Waals surface area contributed by atoms with Crippen LogP contribution in [0.1, 0.15) is 26.3 Å². The fraction of sp³-hybridized carbons (Fsp3) is 0.381. The Balaban J connectivity index is 1.81. The second-order valence-electron chi connectivity index (χ2n) is 8.31. The number of rotatable bonds is 7. The molecule has 1 amide bonds. The van der Waals surface area contributed by atoms with Gasteiger partial charge in [-0.1, -0.05) is 35.2 Å². The molecule has 166 valence electrons. The van der Waals surface area contributed by atoms with Gasteiger partial charge in [0.1, 0.15) is 11.0 Å². The first-order valence-corrected chi connectivity index (χ1v) is 11.2. The molecule has 0 atom stereocenters. The third-order valence-corrected chi connectivity index (χ3v) is 6.58. The molecule has 1 aromatic heterocycles. The number of hydrogen-bond donors (Lipinski definition) is 0. The van der Waals surface area contributed by atoms with E-state index in [4.69, 9.17) is 4.84 Å². The van der Waals surface area contributed by atoms with Gasteiger partial charge in [-0.05, 0) is 49.7 Å². The average molecular weight is 446 g/mol. The zero-order valence-electron chi connectivity index (χ0n) is 18.3. The Morgan fingerprint density at radius 2 is 1.77 bits per heavy atom. The van der Waals surface area contributed by atoms with Crippen molar-refractivity contribution in [1.82, 2.24) is 24.4 Å². The summed E-state index contributed by atoms with van der Waals surface area (Å²) < 4.78 is 26.0. The number of aromatic nitrogens is 3.